The van der Waals surface area contributed by atoms with Gasteiger partial charge >= 0.3 is 0 Å². The highest BCUT2D eigenvalue weighted by molar-refractivity contribution is 5.85. The highest BCUT2D eigenvalue weighted by atomic mass is 16.5. The van der Waals surface area contributed by atoms with Gasteiger partial charge in [-0.05, 0) is 25.5 Å². The SMILES string of the molecule is CC[C@H](NC(=O)CNC(=O)COc1ccccc1)c1cnn(CC)c1. The van der Waals surface area contributed by atoms with Crippen molar-refractivity contribution in [2.45, 2.75) is 32.9 Å². The summed E-state index contributed by atoms with van der Waals surface area (Å²) in [5.41, 5.74) is 0.955. The first-order valence-corrected chi connectivity index (χ1v) is 8.38. The van der Waals surface area contributed by atoms with E-state index in [2.05, 4.69) is 15.7 Å². The molecule has 7 nitrogen and oxygen atoms in total. The first kappa shape index (κ1) is 18.5. The Morgan fingerprint density at radius 3 is 2.60 bits per heavy atom. The number of benzene rings is 1. The maximum absolute atomic E-state index is 12.0. The third kappa shape index (κ3) is 5.95. The highest BCUT2D eigenvalue weighted by Gasteiger charge is 2.15. The molecule has 134 valence electrons. The first-order valence-electron chi connectivity index (χ1n) is 8.38. The number of para-hydroxylation sites is 1. The second-order valence-corrected chi connectivity index (χ2v) is 5.54. The number of carbonyl (C=O) groups is 2. The molecular formula is C18H24N4O3. The quantitative estimate of drug-likeness (QED) is 0.724. The molecule has 2 amide bonds. The number of aromatic nitrogens is 2. The minimum Gasteiger partial charge on any atom is -0.484 e. The van der Waals surface area contributed by atoms with Gasteiger partial charge in [0.2, 0.25) is 5.91 Å². The van der Waals surface area contributed by atoms with Crippen molar-refractivity contribution in [3.63, 3.8) is 0 Å². The lowest BCUT2D eigenvalue weighted by Crippen LogP contribution is -2.40. The molecule has 0 aliphatic heterocycles. The third-order valence-electron chi connectivity index (χ3n) is 3.68. The molecule has 0 bridgehead atoms. The summed E-state index contributed by atoms with van der Waals surface area (Å²) in [6.07, 6.45) is 4.41. The molecule has 1 aromatic carbocycles. The zero-order valence-corrected chi connectivity index (χ0v) is 14.6. The van der Waals surface area contributed by atoms with Crippen molar-refractivity contribution in [2.24, 2.45) is 0 Å². The number of nitrogens with one attached hydrogen (secondary N) is 2. The number of hydrogen-bond donors (Lipinski definition) is 2. The van der Waals surface area contributed by atoms with E-state index in [1.54, 1.807) is 18.3 Å². The van der Waals surface area contributed by atoms with Crippen molar-refractivity contribution in [3.8, 4) is 5.75 Å². The molecule has 0 radical (unpaired) electrons. The fourth-order valence-electron chi connectivity index (χ4n) is 2.29. The largest absolute Gasteiger partial charge is 0.484 e. The average molecular weight is 344 g/mol. The van der Waals surface area contributed by atoms with E-state index in [0.717, 1.165) is 18.5 Å². The molecule has 0 spiro atoms. The van der Waals surface area contributed by atoms with E-state index in [9.17, 15) is 9.59 Å². The van der Waals surface area contributed by atoms with Crippen LogP contribution in [0.2, 0.25) is 0 Å². The van der Waals surface area contributed by atoms with Crippen molar-refractivity contribution in [3.05, 3.63) is 48.3 Å². The number of aryl methyl sites for hydroxylation is 1. The van der Waals surface area contributed by atoms with Crippen molar-refractivity contribution in [2.75, 3.05) is 13.2 Å². The molecular weight excluding hydrogens is 320 g/mol. The van der Waals surface area contributed by atoms with Crippen molar-refractivity contribution >= 4 is 11.8 Å². The maximum atomic E-state index is 12.0. The normalized spacial score (nSPS) is 11.6. The minimum absolute atomic E-state index is 0.0879. The molecule has 1 heterocycles. The molecule has 25 heavy (non-hydrogen) atoms. The van der Waals surface area contributed by atoms with E-state index in [-0.39, 0.29) is 31.0 Å². The summed E-state index contributed by atoms with van der Waals surface area (Å²) in [5.74, 6) is 0.0242. The predicted octanol–water partition coefficient (Wildman–Crippen LogP) is 1.67. The molecule has 0 saturated heterocycles. The van der Waals surface area contributed by atoms with Gasteiger partial charge in [-0.3, -0.25) is 14.3 Å². The van der Waals surface area contributed by atoms with E-state index in [4.69, 9.17) is 4.74 Å². The van der Waals surface area contributed by atoms with Gasteiger partial charge in [0.05, 0.1) is 18.8 Å². The van der Waals surface area contributed by atoms with Gasteiger partial charge in [-0.25, -0.2) is 0 Å². The zero-order valence-electron chi connectivity index (χ0n) is 14.6. The third-order valence-corrected chi connectivity index (χ3v) is 3.68. The number of ether oxygens (including phenoxy) is 1. The Bertz CT molecular complexity index is 685. The molecule has 2 rings (SSSR count). The van der Waals surface area contributed by atoms with Crippen LogP contribution in [0, 0.1) is 0 Å². The fraction of sp³-hybridized carbons (Fsp3) is 0.389. The van der Waals surface area contributed by atoms with Crippen LogP contribution in [0.5, 0.6) is 5.75 Å². The summed E-state index contributed by atoms with van der Waals surface area (Å²) in [7, 11) is 0. The van der Waals surface area contributed by atoms with E-state index in [1.807, 2.05) is 42.9 Å². The topological polar surface area (TPSA) is 85.2 Å². The smallest absolute Gasteiger partial charge is 0.258 e. The molecule has 0 aliphatic carbocycles. The maximum Gasteiger partial charge on any atom is 0.258 e. The van der Waals surface area contributed by atoms with Crippen molar-refractivity contribution in [1.82, 2.24) is 20.4 Å². The number of amides is 2. The average Bonchev–Trinajstić information content (AvgIpc) is 3.12. The molecule has 0 unspecified atom stereocenters. The Labute approximate surface area is 147 Å². The van der Waals surface area contributed by atoms with Crippen molar-refractivity contribution in [1.29, 1.82) is 0 Å². The molecule has 1 atom stereocenters. The molecule has 0 saturated carbocycles. The molecule has 2 aromatic rings. The van der Waals surface area contributed by atoms with Gasteiger partial charge in [0.1, 0.15) is 5.75 Å². The number of carbonyl (C=O) groups excluding carboxylic acids is 2. The molecule has 1 aromatic heterocycles. The van der Waals surface area contributed by atoms with E-state index in [0.29, 0.717) is 5.75 Å². The van der Waals surface area contributed by atoms with Gasteiger partial charge in [0, 0.05) is 18.3 Å². The van der Waals surface area contributed by atoms with Crippen molar-refractivity contribution < 1.29 is 14.3 Å². The van der Waals surface area contributed by atoms with Crippen LogP contribution in [0.4, 0.5) is 0 Å². The van der Waals surface area contributed by atoms with E-state index in [1.165, 1.54) is 0 Å². The lowest BCUT2D eigenvalue weighted by molar-refractivity contribution is -0.127. The second-order valence-electron chi connectivity index (χ2n) is 5.54. The standard InChI is InChI=1S/C18H24N4O3/c1-3-16(14-10-20-22(4-2)12-14)21-17(23)11-19-18(24)13-25-15-8-6-5-7-9-15/h5-10,12,16H,3-4,11,13H2,1-2H3,(H,19,24)(H,21,23)/t16-/m0/s1. The summed E-state index contributed by atoms with van der Waals surface area (Å²) in [6.45, 7) is 4.55. The lowest BCUT2D eigenvalue weighted by Gasteiger charge is -2.15. The van der Waals surface area contributed by atoms with Crippen LogP contribution in [0.15, 0.2) is 42.7 Å². The second kappa shape index (κ2) is 9.46. The van der Waals surface area contributed by atoms with Crippen LogP contribution in [0.25, 0.3) is 0 Å². The minimum atomic E-state index is -0.342. The van der Waals surface area contributed by atoms with Crippen LogP contribution in [0.3, 0.4) is 0 Å². The summed E-state index contributed by atoms with van der Waals surface area (Å²) in [5, 5.41) is 9.67. The number of rotatable bonds is 9. The number of nitrogens with zero attached hydrogens (tertiary/aromatic N) is 2. The Hall–Kier alpha value is -2.83. The van der Waals surface area contributed by atoms with Crippen LogP contribution in [-0.2, 0) is 16.1 Å². The summed E-state index contributed by atoms with van der Waals surface area (Å²) in [6, 6.07) is 8.93. The van der Waals surface area contributed by atoms with Gasteiger partial charge in [0.15, 0.2) is 6.61 Å². The summed E-state index contributed by atoms with van der Waals surface area (Å²) < 4.78 is 7.14. The highest BCUT2D eigenvalue weighted by Crippen LogP contribution is 2.15. The van der Waals surface area contributed by atoms with E-state index >= 15 is 0 Å². The van der Waals surface area contributed by atoms with Gasteiger partial charge in [-0.2, -0.15) is 5.10 Å². The molecule has 0 aliphatic rings. The van der Waals surface area contributed by atoms with Crippen LogP contribution >= 0.6 is 0 Å². The van der Waals surface area contributed by atoms with Crippen LogP contribution in [-0.4, -0.2) is 34.7 Å². The van der Waals surface area contributed by atoms with Crippen LogP contribution < -0.4 is 15.4 Å². The fourth-order valence-corrected chi connectivity index (χ4v) is 2.29. The van der Waals surface area contributed by atoms with Gasteiger partial charge in [0.25, 0.3) is 5.91 Å². The van der Waals surface area contributed by atoms with Gasteiger partial charge < -0.3 is 15.4 Å². The molecule has 2 N–H and O–H groups in total. The predicted molar refractivity (Wildman–Crippen MR) is 94.0 cm³/mol. The Balaban J connectivity index is 1.74. The Kier molecular flexibility index (Phi) is 7.00. The first-order chi connectivity index (χ1) is 12.1. The summed E-state index contributed by atoms with van der Waals surface area (Å²) in [4.78, 5) is 23.8. The zero-order chi connectivity index (χ0) is 18.1. The Morgan fingerprint density at radius 1 is 1.20 bits per heavy atom. The summed E-state index contributed by atoms with van der Waals surface area (Å²) >= 11 is 0. The Morgan fingerprint density at radius 2 is 1.96 bits per heavy atom. The van der Waals surface area contributed by atoms with Crippen LogP contribution in [0.1, 0.15) is 31.9 Å². The monoisotopic (exact) mass is 344 g/mol. The molecule has 0 fully saturated rings. The number of hydrogen-bond acceptors (Lipinski definition) is 4. The van der Waals surface area contributed by atoms with Gasteiger partial charge in [-0.1, -0.05) is 25.1 Å². The van der Waals surface area contributed by atoms with E-state index < -0.39 is 0 Å². The lowest BCUT2D eigenvalue weighted by atomic mass is 10.1. The van der Waals surface area contributed by atoms with Gasteiger partial charge in [-0.15, -0.1) is 0 Å². The molecule has 7 heteroatoms.